The number of aliphatic hydroxyl groups is 1. The molecule has 0 aromatic heterocycles. The summed E-state index contributed by atoms with van der Waals surface area (Å²) in [5, 5.41) is 9.35. The minimum absolute atomic E-state index is 0.130. The van der Waals surface area contributed by atoms with Crippen LogP contribution in [0.3, 0.4) is 0 Å². The monoisotopic (exact) mass is 276 g/mol. The summed E-state index contributed by atoms with van der Waals surface area (Å²) in [7, 11) is 0. The Bertz CT molecular complexity index is 384. The molecule has 1 aromatic rings. The van der Waals surface area contributed by atoms with Gasteiger partial charge in [-0.25, -0.2) is 0 Å². The van der Waals surface area contributed by atoms with E-state index in [9.17, 15) is 5.11 Å². The predicted molar refractivity (Wildman–Crippen MR) is 85.0 cm³/mol. The Hall–Kier alpha value is -1.06. The van der Waals surface area contributed by atoms with E-state index in [2.05, 4.69) is 36.1 Å². The Labute approximate surface area is 122 Å². The number of hydrogen-bond donors (Lipinski definition) is 2. The number of hydrogen-bond acceptors (Lipinski definition) is 3. The van der Waals surface area contributed by atoms with Crippen molar-refractivity contribution in [3.63, 3.8) is 0 Å². The molecule has 3 nitrogen and oxygen atoms in total. The predicted octanol–water partition coefficient (Wildman–Crippen LogP) is 3.23. The van der Waals surface area contributed by atoms with Crippen molar-refractivity contribution in [2.75, 3.05) is 18.1 Å². The third kappa shape index (κ3) is 3.74. The summed E-state index contributed by atoms with van der Waals surface area (Å²) in [5.41, 5.74) is 8.49. The first-order chi connectivity index (χ1) is 9.76. The highest BCUT2D eigenvalue weighted by atomic mass is 16.3. The quantitative estimate of drug-likeness (QED) is 0.838. The van der Waals surface area contributed by atoms with Gasteiger partial charge in [0.1, 0.15) is 0 Å². The topological polar surface area (TPSA) is 49.5 Å². The van der Waals surface area contributed by atoms with Crippen LogP contribution in [0.15, 0.2) is 24.3 Å². The summed E-state index contributed by atoms with van der Waals surface area (Å²) in [6.45, 7) is 3.05. The molecular formula is C17H28N2O. The molecule has 0 aliphatic heterocycles. The number of nitrogens with two attached hydrogens (primary N) is 1. The van der Waals surface area contributed by atoms with Gasteiger partial charge in [-0.3, -0.25) is 0 Å². The van der Waals surface area contributed by atoms with Crippen LogP contribution in [0.25, 0.3) is 0 Å². The second kappa shape index (κ2) is 7.65. The largest absolute Gasteiger partial charge is 0.395 e. The Morgan fingerprint density at radius 1 is 1.20 bits per heavy atom. The molecule has 3 heteroatoms. The van der Waals surface area contributed by atoms with Gasteiger partial charge in [0.15, 0.2) is 0 Å². The first-order valence-corrected chi connectivity index (χ1v) is 7.99. The van der Waals surface area contributed by atoms with Crippen molar-refractivity contribution in [3.8, 4) is 0 Å². The van der Waals surface area contributed by atoms with E-state index in [1.165, 1.54) is 43.4 Å². The number of benzene rings is 1. The van der Waals surface area contributed by atoms with Crippen molar-refractivity contribution in [1.29, 1.82) is 0 Å². The summed E-state index contributed by atoms with van der Waals surface area (Å²) in [6.07, 6.45) is 7.43. The van der Waals surface area contributed by atoms with Crippen molar-refractivity contribution in [2.24, 2.45) is 5.73 Å². The van der Waals surface area contributed by atoms with Crippen LogP contribution in [0.1, 0.15) is 57.1 Å². The molecule has 1 aliphatic carbocycles. The molecule has 1 atom stereocenters. The fourth-order valence-electron chi connectivity index (χ4n) is 3.17. The molecule has 0 heterocycles. The molecule has 0 spiro atoms. The summed E-state index contributed by atoms with van der Waals surface area (Å²) < 4.78 is 0. The lowest BCUT2D eigenvalue weighted by Crippen LogP contribution is -2.38. The first kappa shape index (κ1) is 15.3. The Morgan fingerprint density at radius 3 is 2.40 bits per heavy atom. The van der Waals surface area contributed by atoms with Crippen LogP contribution in [-0.2, 0) is 0 Å². The summed E-state index contributed by atoms with van der Waals surface area (Å²) in [4.78, 5) is 2.38. The summed E-state index contributed by atoms with van der Waals surface area (Å²) in [6, 6.07) is 9.31. The lowest BCUT2D eigenvalue weighted by Gasteiger charge is -2.36. The third-order valence-corrected chi connectivity index (χ3v) is 4.45. The molecule has 0 unspecified atom stereocenters. The van der Waals surface area contributed by atoms with Crippen LogP contribution in [0.2, 0.25) is 0 Å². The molecule has 0 amide bonds. The minimum Gasteiger partial charge on any atom is -0.395 e. The van der Waals surface area contributed by atoms with E-state index < -0.39 is 0 Å². The number of aliphatic hydroxyl groups excluding tert-OH is 1. The van der Waals surface area contributed by atoms with Crippen LogP contribution < -0.4 is 10.6 Å². The van der Waals surface area contributed by atoms with Gasteiger partial charge in [-0.1, -0.05) is 38.3 Å². The molecular weight excluding hydrogens is 248 g/mol. The van der Waals surface area contributed by atoms with Gasteiger partial charge in [-0.15, -0.1) is 0 Å². The molecule has 1 aliphatic rings. The molecule has 1 aromatic carbocycles. The number of nitrogens with zero attached hydrogens (tertiary/aromatic N) is 1. The Morgan fingerprint density at radius 2 is 1.85 bits per heavy atom. The van der Waals surface area contributed by atoms with Gasteiger partial charge in [0, 0.05) is 24.3 Å². The van der Waals surface area contributed by atoms with E-state index in [1.807, 2.05) is 0 Å². The van der Waals surface area contributed by atoms with E-state index in [1.54, 1.807) is 0 Å². The van der Waals surface area contributed by atoms with Gasteiger partial charge >= 0.3 is 0 Å². The highest BCUT2D eigenvalue weighted by Crippen LogP contribution is 2.28. The molecule has 20 heavy (non-hydrogen) atoms. The molecule has 112 valence electrons. The van der Waals surface area contributed by atoms with Gasteiger partial charge in [0.25, 0.3) is 0 Å². The average molecular weight is 276 g/mol. The van der Waals surface area contributed by atoms with E-state index in [4.69, 9.17) is 5.73 Å². The van der Waals surface area contributed by atoms with Crippen molar-refractivity contribution in [3.05, 3.63) is 29.8 Å². The Kier molecular flexibility index (Phi) is 5.86. The highest BCUT2D eigenvalue weighted by molar-refractivity contribution is 5.49. The normalized spacial score (nSPS) is 17.9. The maximum atomic E-state index is 9.35. The molecule has 0 bridgehead atoms. The van der Waals surface area contributed by atoms with Gasteiger partial charge < -0.3 is 15.7 Å². The first-order valence-electron chi connectivity index (χ1n) is 7.99. The van der Waals surface area contributed by atoms with Crippen molar-refractivity contribution in [2.45, 2.75) is 57.5 Å². The highest BCUT2D eigenvalue weighted by Gasteiger charge is 2.21. The maximum Gasteiger partial charge on any atom is 0.0606 e. The van der Waals surface area contributed by atoms with Gasteiger partial charge in [-0.2, -0.15) is 0 Å². The number of rotatable bonds is 6. The zero-order valence-electron chi connectivity index (χ0n) is 12.6. The minimum atomic E-state index is 0.130. The van der Waals surface area contributed by atoms with Crippen molar-refractivity contribution < 1.29 is 5.11 Å². The summed E-state index contributed by atoms with van der Waals surface area (Å²) >= 11 is 0. The van der Waals surface area contributed by atoms with Crippen LogP contribution in [0.5, 0.6) is 0 Å². The average Bonchev–Trinajstić information content (AvgIpc) is 2.53. The zero-order valence-corrected chi connectivity index (χ0v) is 12.6. The van der Waals surface area contributed by atoms with Gasteiger partial charge in [0.2, 0.25) is 0 Å². The smallest absolute Gasteiger partial charge is 0.0606 e. The lowest BCUT2D eigenvalue weighted by molar-refractivity contribution is 0.290. The van der Waals surface area contributed by atoms with Gasteiger partial charge in [-0.05, 0) is 37.0 Å². The molecule has 2 rings (SSSR count). The molecule has 1 fully saturated rings. The van der Waals surface area contributed by atoms with Crippen LogP contribution in [0, 0.1) is 0 Å². The lowest BCUT2D eigenvalue weighted by atomic mass is 9.93. The third-order valence-electron chi connectivity index (χ3n) is 4.45. The van der Waals surface area contributed by atoms with Crippen molar-refractivity contribution in [1.82, 2.24) is 0 Å². The van der Waals surface area contributed by atoms with Crippen LogP contribution >= 0.6 is 0 Å². The fraction of sp³-hybridized carbons (Fsp3) is 0.647. The molecule has 1 saturated carbocycles. The van der Waals surface area contributed by atoms with E-state index in [0.717, 1.165) is 13.0 Å². The maximum absolute atomic E-state index is 9.35. The number of anilines is 1. The van der Waals surface area contributed by atoms with E-state index in [-0.39, 0.29) is 12.6 Å². The Balaban J connectivity index is 2.11. The molecule has 0 radical (unpaired) electrons. The van der Waals surface area contributed by atoms with Crippen molar-refractivity contribution >= 4 is 5.69 Å². The second-order valence-electron chi connectivity index (χ2n) is 5.82. The summed E-state index contributed by atoms with van der Waals surface area (Å²) in [5.74, 6) is 0. The fourth-order valence-corrected chi connectivity index (χ4v) is 3.17. The van der Waals surface area contributed by atoms with E-state index in [0.29, 0.717) is 6.04 Å². The SMILES string of the molecule is CC[C@H](N)c1ccc(N(CCO)C2CCCCC2)cc1. The van der Waals surface area contributed by atoms with E-state index >= 15 is 0 Å². The van der Waals surface area contributed by atoms with Crippen LogP contribution in [-0.4, -0.2) is 24.3 Å². The molecule has 3 N–H and O–H groups in total. The standard InChI is InChI=1S/C17H28N2O/c1-2-17(18)14-8-10-16(11-9-14)19(12-13-20)15-6-4-3-5-7-15/h8-11,15,17,20H,2-7,12-13,18H2,1H3/t17-/m0/s1. The zero-order chi connectivity index (χ0) is 14.4. The van der Waals surface area contributed by atoms with Gasteiger partial charge in [0.05, 0.1) is 6.61 Å². The van der Waals surface area contributed by atoms with Crippen LogP contribution in [0.4, 0.5) is 5.69 Å². The molecule has 0 saturated heterocycles. The second-order valence-corrected chi connectivity index (χ2v) is 5.82.